The van der Waals surface area contributed by atoms with E-state index in [0.29, 0.717) is 0 Å². The molecule has 3 heteroatoms. The molecule has 0 radical (unpaired) electrons. The quantitative estimate of drug-likeness (QED) is 0.794. The molecule has 0 aliphatic heterocycles. The molecule has 0 amide bonds. The number of nitrogens with one attached hydrogen (secondary N) is 1. The zero-order chi connectivity index (χ0) is 11.5. The summed E-state index contributed by atoms with van der Waals surface area (Å²) in [4.78, 5) is 4.55. The first-order valence-corrected chi connectivity index (χ1v) is 5.21. The molecule has 0 fully saturated rings. The van der Waals surface area contributed by atoms with Crippen LogP contribution >= 0.6 is 0 Å². The Hall–Kier alpha value is -2.03. The minimum absolute atomic E-state index is 0.938. The van der Waals surface area contributed by atoms with Gasteiger partial charge in [-0.15, -0.1) is 0 Å². The molecule has 0 atom stereocenters. The number of aromatic nitrogens is 2. The Kier molecular flexibility index (Phi) is 2.77. The highest BCUT2D eigenvalue weighted by atomic mass is 15.0. The summed E-state index contributed by atoms with van der Waals surface area (Å²) < 4.78 is 2.00. The third-order valence-electron chi connectivity index (χ3n) is 2.62. The summed E-state index contributed by atoms with van der Waals surface area (Å²) in [5, 5.41) is 3.12. The molecule has 0 saturated carbocycles. The number of nitrogens with zero attached hydrogens (tertiary/aromatic N) is 2. The summed E-state index contributed by atoms with van der Waals surface area (Å²) in [6, 6.07) is 5.95. The first kappa shape index (κ1) is 10.5. The number of pyridine rings is 1. The molecular formula is C13H15N3. The van der Waals surface area contributed by atoms with Gasteiger partial charge in [-0.1, -0.05) is 18.7 Å². The van der Waals surface area contributed by atoms with Crippen molar-refractivity contribution in [2.24, 2.45) is 0 Å². The molecule has 0 bridgehead atoms. The van der Waals surface area contributed by atoms with Gasteiger partial charge in [0.05, 0.1) is 5.69 Å². The summed E-state index contributed by atoms with van der Waals surface area (Å²) in [6.07, 6.45) is 5.82. The largest absolute Gasteiger partial charge is 0.391 e. The van der Waals surface area contributed by atoms with Crippen LogP contribution in [0.4, 0.5) is 0 Å². The Morgan fingerprint density at radius 1 is 1.50 bits per heavy atom. The van der Waals surface area contributed by atoms with Gasteiger partial charge in [-0.2, -0.15) is 0 Å². The summed E-state index contributed by atoms with van der Waals surface area (Å²) in [5.74, 6) is 0. The van der Waals surface area contributed by atoms with Crippen LogP contribution in [0.2, 0.25) is 0 Å². The van der Waals surface area contributed by atoms with E-state index in [2.05, 4.69) is 16.9 Å². The summed E-state index contributed by atoms with van der Waals surface area (Å²) in [6.45, 7) is 5.84. The minimum Gasteiger partial charge on any atom is -0.391 e. The maximum absolute atomic E-state index is 4.55. The first-order valence-electron chi connectivity index (χ1n) is 5.21. The van der Waals surface area contributed by atoms with Gasteiger partial charge in [0.25, 0.3) is 0 Å². The van der Waals surface area contributed by atoms with Crippen molar-refractivity contribution >= 4 is 11.2 Å². The molecule has 16 heavy (non-hydrogen) atoms. The second kappa shape index (κ2) is 4.23. The molecule has 2 heterocycles. The molecular weight excluding hydrogens is 198 g/mol. The average molecular weight is 213 g/mol. The number of fused-ring (bicyclic) bond motifs is 1. The molecule has 0 aliphatic rings. The lowest BCUT2D eigenvalue weighted by molar-refractivity contribution is 0.993. The smallest absolute Gasteiger partial charge is 0.137 e. The van der Waals surface area contributed by atoms with Gasteiger partial charge in [-0.3, -0.25) is 0 Å². The van der Waals surface area contributed by atoms with Crippen LogP contribution in [0.25, 0.3) is 11.2 Å². The van der Waals surface area contributed by atoms with Crippen molar-refractivity contribution in [3.63, 3.8) is 0 Å². The Labute approximate surface area is 95.1 Å². The number of imidazole rings is 1. The van der Waals surface area contributed by atoms with Crippen LogP contribution in [0.1, 0.15) is 12.6 Å². The van der Waals surface area contributed by atoms with Gasteiger partial charge in [0.15, 0.2) is 0 Å². The fraction of sp³-hybridized carbons (Fsp3) is 0.154. The zero-order valence-corrected chi connectivity index (χ0v) is 9.57. The van der Waals surface area contributed by atoms with E-state index < -0.39 is 0 Å². The zero-order valence-electron chi connectivity index (χ0n) is 9.57. The predicted octanol–water partition coefficient (Wildman–Crippen LogP) is 2.47. The molecule has 2 rings (SSSR count). The molecule has 0 aliphatic carbocycles. The average Bonchev–Trinajstić information content (AvgIpc) is 2.72. The molecule has 0 unspecified atom stereocenters. The second-order valence-corrected chi connectivity index (χ2v) is 3.59. The van der Waals surface area contributed by atoms with Gasteiger partial charge in [0.2, 0.25) is 0 Å². The molecule has 3 nitrogen and oxygen atoms in total. The third-order valence-corrected chi connectivity index (χ3v) is 2.62. The summed E-state index contributed by atoms with van der Waals surface area (Å²) in [7, 11) is 1.90. The standard InChI is InChI=1S/C13H15N3/c1-4-11(10(2)14-3)12-9-16-8-6-5-7-13(16)15-12/h4-9,14H,1H2,2-3H3/b11-10-. The van der Waals surface area contributed by atoms with Crippen molar-refractivity contribution in [3.8, 4) is 0 Å². The molecule has 0 saturated heterocycles. The van der Waals surface area contributed by atoms with Gasteiger partial charge in [-0.05, 0) is 19.1 Å². The van der Waals surface area contributed by atoms with E-state index in [1.54, 1.807) is 0 Å². The monoisotopic (exact) mass is 213 g/mol. The van der Waals surface area contributed by atoms with E-state index in [1.807, 2.05) is 55.0 Å². The molecule has 82 valence electrons. The van der Waals surface area contributed by atoms with Crippen LogP contribution in [0.3, 0.4) is 0 Å². The summed E-state index contributed by atoms with van der Waals surface area (Å²) >= 11 is 0. The van der Waals surface area contributed by atoms with Crippen molar-refractivity contribution in [2.75, 3.05) is 7.05 Å². The van der Waals surface area contributed by atoms with Crippen LogP contribution in [-0.4, -0.2) is 16.4 Å². The van der Waals surface area contributed by atoms with Crippen LogP contribution in [0.15, 0.2) is 48.9 Å². The molecule has 0 aromatic carbocycles. The lowest BCUT2D eigenvalue weighted by Crippen LogP contribution is -2.04. The first-order chi connectivity index (χ1) is 7.76. The second-order valence-electron chi connectivity index (χ2n) is 3.59. The number of allylic oxidation sites excluding steroid dienone is 3. The van der Waals surface area contributed by atoms with Crippen molar-refractivity contribution in [3.05, 3.63) is 54.6 Å². The van der Waals surface area contributed by atoms with Crippen LogP contribution in [0, 0.1) is 0 Å². The SMILES string of the molecule is C=C/C(=C(\C)NC)c1cn2ccccc2n1. The van der Waals surface area contributed by atoms with Crippen molar-refractivity contribution in [1.82, 2.24) is 14.7 Å². The van der Waals surface area contributed by atoms with Crippen LogP contribution < -0.4 is 5.32 Å². The van der Waals surface area contributed by atoms with E-state index in [-0.39, 0.29) is 0 Å². The van der Waals surface area contributed by atoms with E-state index >= 15 is 0 Å². The highest BCUT2D eigenvalue weighted by Gasteiger charge is 2.06. The van der Waals surface area contributed by atoms with E-state index in [4.69, 9.17) is 0 Å². The van der Waals surface area contributed by atoms with Gasteiger partial charge in [-0.25, -0.2) is 4.98 Å². The normalized spacial score (nSPS) is 12.4. The summed E-state index contributed by atoms with van der Waals surface area (Å²) in [5.41, 5.74) is 3.98. The van der Waals surface area contributed by atoms with E-state index in [1.165, 1.54) is 0 Å². The number of hydrogen-bond donors (Lipinski definition) is 1. The van der Waals surface area contributed by atoms with Crippen LogP contribution in [-0.2, 0) is 0 Å². The molecule has 1 N–H and O–H groups in total. The highest BCUT2D eigenvalue weighted by Crippen LogP contribution is 2.18. The third kappa shape index (κ3) is 1.72. The van der Waals surface area contributed by atoms with Gasteiger partial charge in [0.1, 0.15) is 5.65 Å². The maximum atomic E-state index is 4.55. The minimum atomic E-state index is 0.938. The van der Waals surface area contributed by atoms with Gasteiger partial charge < -0.3 is 9.72 Å². The Morgan fingerprint density at radius 2 is 2.31 bits per heavy atom. The maximum Gasteiger partial charge on any atom is 0.137 e. The number of hydrogen-bond acceptors (Lipinski definition) is 2. The van der Waals surface area contributed by atoms with Gasteiger partial charge >= 0.3 is 0 Å². The Balaban J connectivity index is 2.59. The van der Waals surface area contributed by atoms with E-state index in [9.17, 15) is 0 Å². The lowest BCUT2D eigenvalue weighted by atomic mass is 10.1. The fourth-order valence-electron chi connectivity index (χ4n) is 1.65. The fourth-order valence-corrected chi connectivity index (χ4v) is 1.65. The Morgan fingerprint density at radius 3 is 2.94 bits per heavy atom. The molecule has 2 aromatic heterocycles. The predicted molar refractivity (Wildman–Crippen MR) is 67.0 cm³/mol. The van der Waals surface area contributed by atoms with Crippen molar-refractivity contribution < 1.29 is 0 Å². The van der Waals surface area contributed by atoms with E-state index in [0.717, 1.165) is 22.6 Å². The Bertz CT molecular complexity index is 516. The van der Waals surface area contributed by atoms with Crippen LogP contribution in [0.5, 0.6) is 0 Å². The lowest BCUT2D eigenvalue weighted by Gasteiger charge is -2.04. The molecule has 0 spiro atoms. The van der Waals surface area contributed by atoms with Gasteiger partial charge in [0, 0.05) is 30.7 Å². The topological polar surface area (TPSA) is 29.3 Å². The van der Waals surface area contributed by atoms with Crippen molar-refractivity contribution in [1.29, 1.82) is 0 Å². The van der Waals surface area contributed by atoms with Crippen molar-refractivity contribution in [2.45, 2.75) is 6.92 Å². The highest BCUT2D eigenvalue weighted by molar-refractivity contribution is 5.74. The number of rotatable bonds is 3. The molecule has 2 aromatic rings.